The predicted molar refractivity (Wildman–Crippen MR) is 90.6 cm³/mol. The maximum Gasteiger partial charge on any atom is 0.0839 e. The summed E-state index contributed by atoms with van der Waals surface area (Å²) in [7, 11) is 0. The molecule has 5 unspecified atom stereocenters. The van der Waals surface area contributed by atoms with Crippen LogP contribution >= 0.6 is 0 Å². The third-order valence-corrected chi connectivity index (χ3v) is 5.86. The van der Waals surface area contributed by atoms with Gasteiger partial charge >= 0.3 is 0 Å². The normalized spacial score (nSPS) is 39.1. The zero-order valence-corrected chi connectivity index (χ0v) is 14.8. The zero-order valence-electron chi connectivity index (χ0n) is 14.8. The van der Waals surface area contributed by atoms with Gasteiger partial charge in [-0.05, 0) is 56.9 Å². The van der Waals surface area contributed by atoms with Crippen LogP contribution < -0.4 is 5.32 Å². The predicted octanol–water partition coefficient (Wildman–Crippen LogP) is 4.78. The Balaban J connectivity index is 2.18. The van der Waals surface area contributed by atoms with E-state index in [0.29, 0.717) is 6.04 Å². The van der Waals surface area contributed by atoms with E-state index in [4.69, 9.17) is 4.74 Å². The highest BCUT2D eigenvalue weighted by Gasteiger charge is 2.46. The number of hydrogen-bond acceptors (Lipinski definition) is 2. The van der Waals surface area contributed by atoms with E-state index in [-0.39, 0.29) is 5.60 Å². The molecule has 0 aromatic carbocycles. The molecule has 0 saturated heterocycles. The molecular formula is C19H37NO. The molecule has 2 nitrogen and oxygen atoms in total. The molecule has 0 aromatic heterocycles. The fourth-order valence-corrected chi connectivity index (χ4v) is 5.12. The zero-order chi connectivity index (χ0) is 15.3. The monoisotopic (exact) mass is 295 g/mol. The Bertz CT molecular complexity index is 302. The van der Waals surface area contributed by atoms with E-state index in [1.165, 1.54) is 51.4 Å². The molecule has 2 rings (SSSR count). The van der Waals surface area contributed by atoms with Crippen molar-refractivity contribution in [2.45, 2.75) is 90.7 Å². The van der Waals surface area contributed by atoms with Crippen LogP contribution in [0.4, 0.5) is 0 Å². The van der Waals surface area contributed by atoms with Gasteiger partial charge in [-0.1, -0.05) is 46.5 Å². The highest BCUT2D eigenvalue weighted by molar-refractivity contribution is 5.01. The molecule has 0 spiro atoms. The second-order valence-electron chi connectivity index (χ2n) is 7.77. The van der Waals surface area contributed by atoms with Gasteiger partial charge in [0.2, 0.25) is 0 Å². The maximum absolute atomic E-state index is 6.48. The molecule has 2 aliphatic rings. The summed E-state index contributed by atoms with van der Waals surface area (Å²) < 4.78 is 6.48. The molecule has 0 aromatic rings. The van der Waals surface area contributed by atoms with Crippen molar-refractivity contribution in [2.75, 3.05) is 13.2 Å². The van der Waals surface area contributed by atoms with Crippen LogP contribution in [-0.2, 0) is 4.74 Å². The largest absolute Gasteiger partial charge is 0.374 e. The fraction of sp³-hybridized carbons (Fsp3) is 1.00. The lowest BCUT2D eigenvalue weighted by Crippen LogP contribution is -2.58. The Kier molecular flexibility index (Phi) is 6.55. The van der Waals surface area contributed by atoms with Crippen molar-refractivity contribution in [3.05, 3.63) is 0 Å². The minimum atomic E-state index is 0.101. The van der Waals surface area contributed by atoms with Crippen LogP contribution in [0.3, 0.4) is 0 Å². The first-order valence-electron chi connectivity index (χ1n) is 9.48. The summed E-state index contributed by atoms with van der Waals surface area (Å²) in [6.45, 7) is 11.2. The quantitative estimate of drug-likeness (QED) is 0.761. The number of nitrogens with one attached hydrogen (secondary N) is 1. The van der Waals surface area contributed by atoms with Crippen LogP contribution in [0, 0.1) is 17.8 Å². The number of hydrogen-bond donors (Lipinski definition) is 1. The molecule has 0 radical (unpaired) electrons. The van der Waals surface area contributed by atoms with E-state index in [1.54, 1.807) is 0 Å². The molecule has 2 saturated carbocycles. The standard InChI is InChI=1S/C19H37NO/c1-5-20-18(17-11-7-9-15(3)13-17)19(21-6-2)12-8-10-16(4)14-19/h15-18,20H,5-14H2,1-4H3. The highest BCUT2D eigenvalue weighted by atomic mass is 16.5. The number of ether oxygens (including phenoxy) is 1. The van der Waals surface area contributed by atoms with Gasteiger partial charge in [0.1, 0.15) is 0 Å². The average Bonchev–Trinajstić information content (AvgIpc) is 2.45. The van der Waals surface area contributed by atoms with E-state index in [9.17, 15) is 0 Å². The molecule has 0 bridgehead atoms. The molecule has 2 fully saturated rings. The van der Waals surface area contributed by atoms with Crippen molar-refractivity contribution in [3.63, 3.8) is 0 Å². The van der Waals surface area contributed by atoms with Gasteiger partial charge in [-0.2, -0.15) is 0 Å². The van der Waals surface area contributed by atoms with Gasteiger partial charge in [0.25, 0.3) is 0 Å². The second kappa shape index (κ2) is 7.97. The van der Waals surface area contributed by atoms with Crippen molar-refractivity contribution in [3.8, 4) is 0 Å². The second-order valence-corrected chi connectivity index (χ2v) is 7.77. The summed E-state index contributed by atoms with van der Waals surface area (Å²) in [6, 6.07) is 0.563. The van der Waals surface area contributed by atoms with Crippen LogP contribution in [0.25, 0.3) is 0 Å². The minimum Gasteiger partial charge on any atom is -0.374 e. The molecule has 5 atom stereocenters. The lowest BCUT2D eigenvalue weighted by molar-refractivity contribution is -0.116. The van der Waals surface area contributed by atoms with Gasteiger partial charge in [0.05, 0.1) is 5.60 Å². The number of likely N-dealkylation sites (N-methyl/N-ethyl adjacent to an activating group) is 1. The molecule has 124 valence electrons. The van der Waals surface area contributed by atoms with Crippen LogP contribution in [0.15, 0.2) is 0 Å². The first-order valence-corrected chi connectivity index (χ1v) is 9.48. The van der Waals surface area contributed by atoms with Crippen molar-refractivity contribution >= 4 is 0 Å². The molecule has 0 aliphatic heterocycles. The molecule has 2 heteroatoms. The third kappa shape index (κ3) is 4.22. The van der Waals surface area contributed by atoms with Crippen LogP contribution in [0.5, 0.6) is 0 Å². The topological polar surface area (TPSA) is 21.3 Å². The molecular weight excluding hydrogens is 258 g/mol. The van der Waals surface area contributed by atoms with Crippen LogP contribution in [0.2, 0.25) is 0 Å². The summed E-state index contributed by atoms with van der Waals surface area (Å²) in [6.07, 6.45) is 10.8. The molecule has 1 N–H and O–H groups in total. The summed E-state index contributed by atoms with van der Waals surface area (Å²) in [4.78, 5) is 0. The van der Waals surface area contributed by atoms with Gasteiger partial charge < -0.3 is 10.1 Å². The number of rotatable bonds is 6. The van der Waals surface area contributed by atoms with Crippen LogP contribution in [0.1, 0.15) is 79.1 Å². The van der Waals surface area contributed by atoms with E-state index < -0.39 is 0 Å². The van der Waals surface area contributed by atoms with Crippen molar-refractivity contribution < 1.29 is 4.74 Å². The minimum absolute atomic E-state index is 0.101. The maximum atomic E-state index is 6.48. The van der Waals surface area contributed by atoms with E-state index in [2.05, 4.69) is 33.0 Å². The first kappa shape index (κ1) is 17.3. The Morgan fingerprint density at radius 3 is 2.48 bits per heavy atom. The Morgan fingerprint density at radius 2 is 1.86 bits per heavy atom. The van der Waals surface area contributed by atoms with Gasteiger partial charge in [-0.25, -0.2) is 0 Å². The SMILES string of the molecule is CCNC(C1CCCC(C)C1)C1(OCC)CCCC(C)C1. The van der Waals surface area contributed by atoms with Crippen molar-refractivity contribution in [1.82, 2.24) is 5.32 Å². The Hall–Kier alpha value is -0.0800. The van der Waals surface area contributed by atoms with Crippen molar-refractivity contribution in [2.24, 2.45) is 17.8 Å². The van der Waals surface area contributed by atoms with E-state index in [1.807, 2.05) is 0 Å². The summed E-state index contributed by atoms with van der Waals surface area (Å²) in [5.74, 6) is 2.52. The summed E-state index contributed by atoms with van der Waals surface area (Å²) in [5.41, 5.74) is 0.101. The lowest BCUT2D eigenvalue weighted by Gasteiger charge is -2.49. The van der Waals surface area contributed by atoms with Crippen LogP contribution in [-0.4, -0.2) is 24.8 Å². The van der Waals surface area contributed by atoms with Gasteiger partial charge in [0, 0.05) is 12.6 Å². The molecule has 0 amide bonds. The summed E-state index contributed by atoms with van der Waals surface area (Å²) in [5, 5.41) is 3.86. The van der Waals surface area contributed by atoms with Crippen molar-refractivity contribution in [1.29, 1.82) is 0 Å². The summed E-state index contributed by atoms with van der Waals surface area (Å²) >= 11 is 0. The Morgan fingerprint density at radius 1 is 1.10 bits per heavy atom. The fourth-order valence-electron chi connectivity index (χ4n) is 5.12. The molecule has 21 heavy (non-hydrogen) atoms. The lowest BCUT2D eigenvalue weighted by atomic mass is 9.67. The smallest absolute Gasteiger partial charge is 0.0839 e. The van der Waals surface area contributed by atoms with Gasteiger partial charge in [-0.15, -0.1) is 0 Å². The Labute approximate surface area is 132 Å². The van der Waals surface area contributed by atoms with E-state index >= 15 is 0 Å². The molecule has 2 aliphatic carbocycles. The average molecular weight is 296 g/mol. The first-order chi connectivity index (χ1) is 10.1. The van der Waals surface area contributed by atoms with Gasteiger partial charge in [-0.3, -0.25) is 0 Å². The van der Waals surface area contributed by atoms with Gasteiger partial charge in [0.15, 0.2) is 0 Å². The highest BCUT2D eigenvalue weighted by Crippen LogP contribution is 2.43. The van der Waals surface area contributed by atoms with E-state index in [0.717, 1.165) is 30.9 Å². The molecule has 0 heterocycles. The third-order valence-electron chi connectivity index (χ3n) is 5.86.